The summed E-state index contributed by atoms with van der Waals surface area (Å²) in [5, 5.41) is 11.5. The van der Waals surface area contributed by atoms with Crippen LogP contribution < -0.4 is 14.8 Å². The zero-order valence-corrected chi connectivity index (χ0v) is 15.6. The van der Waals surface area contributed by atoms with Crippen LogP contribution in [0.3, 0.4) is 0 Å². The summed E-state index contributed by atoms with van der Waals surface area (Å²) in [7, 11) is 1.58. The Morgan fingerprint density at radius 3 is 2.33 bits per heavy atom. The molecule has 0 unspecified atom stereocenters. The van der Waals surface area contributed by atoms with E-state index in [1.807, 2.05) is 19.1 Å². The molecule has 2 atom stereocenters. The predicted molar refractivity (Wildman–Crippen MR) is 104 cm³/mol. The summed E-state index contributed by atoms with van der Waals surface area (Å²) in [6, 6.07) is 14.2. The molecule has 0 aliphatic heterocycles. The molecule has 0 spiro atoms. The van der Waals surface area contributed by atoms with Crippen LogP contribution in [0.25, 0.3) is 0 Å². The minimum Gasteiger partial charge on any atom is -0.497 e. The fraction of sp³-hybridized carbons (Fsp3) is 0.286. The molecule has 27 heavy (non-hydrogen) atoms. The van der Waals surface area contributed by atoms with Crippen molar-refractivity contribution in [3.63, 3.8) is 0 Å². The second-order valence-electron chi connectivity index (χ2n) is 5.92. The highest BCUT2D eigenvalue weighted by Gasteiger charge is 2.22. The average Bonchev–Trinajstić information content (AvgIpc) is 2.71. The van der Waals surface area contributed by atoms with Crippen molar-refractivity contribution >= 4 is 11.8 Å². The van der Waals surface area contributed by atoms with Crippen LogP contribution in [0, 0.1) is 5.92 Å². The summed E-state index contributed by atoms with van der Waals surface area (Å²) in [6.45, 7) is 5.90. The topological polar surface area (TPSA) is 77.0 Å². The van der Waals surface area contributed by atoms with Gasteiger partial charge in [0, 0.05) is 11.6 Å². The van der Waals surface area contributed by atoms with Crippen LogP contribution in [-0.4, -0.2) is 31.5 Å². The summed E-state index contributed by atoms with van der Waals surface area (Å²) in [5.41, 5.74) is 1.43. The zero-order valence-electron chi connectivity index (χ0n) is 15.6. The van der Waals surface area contributed by atoms with E-state index in [0.29, 0.717) is 17.2 Å². The summed E-state index contributed by atoms with van der Waals surface area (Å²) in [4.78, 5) is 12.3. The molecule has 6 nitrogen and oxygen atoms in total. The molecule has 0 heterocycles. The Bertz CT molecular complexity index is 727. The molecule has 2 N–H and O–H groups in total. The first-order valence-corrected chi connectivity index (χ1v) is 8.65. The molecule has 144 valence electrons. The number of methoxy groups -OCH3 is 1. The molecule has 0 saturated carbocycles. The molecular weight excluding hydrogens is 346 g/mol. The van der Waals surface area contributed by atoms with Gasteiger partial charge < -0.3 is 19.3 Å². The first-order chi connectivity index (χ1) is 13.1. The van der Waals surface area contributed by atoms with Gasteiger partial charge in [-0.25, -0.2) is 4.79 Å². The van der Waals surface area contributed by atoms with Gasteiger partial charge in [0.2, 0.25) is 0 Å². The molecule has 2 rings (SSSR count). The molecule has 0 bridgehead atoms. The van der Waals surface area contributed by atoms with E-state index in [-0.39, 0.29) is 19.1 Å². The first kappa shape index (κ1) is 20.3. The number of anilines is 1. The van der Waals surface area contributed by atoms with Crippen molar-refractivity contribution in [2.75, 3.05) is 25.6 Å². The second-order valence-corrected chi connectivity index (χ2v) is 5.92. The fourth-order valence-electron chi connectivity index (χ4n) is 2.46. The van der Waals surface area contributed by atoms with Crippen molar-refractivity contribution in [2.45, 2.75) is 13.0 Å². The Balaban J connectivity index is 2.06. The van der Waals surface area contributed by atoms with E-state index < -0.39 is 12.2 Å². The number of nitrogens with one attached hydrogen (secondary N) is 1. The van der Waals surface area contributed by atoms with Gasteiger partial charge >= 0.3 is 6.09 Å². The number of amides is 1. The minimum atomic E-state index is -0.556. The molecule has 0 fully saturated rings. The third kappa shape index (κ3) is 6.04. The van der Waals surface area contributed by atoms with E-state index in [0.717, 1.165) is 5.56 Å². The smallest absolute Gasteiger partial charge is 0.412 e. The van der Waals surface area contributed by atoms with E-state index in [1.54, 1.807) is 49.6 Å². The molecular formula is C21H25NO5. The van der Waals surface area contributed by atoms with E-state index >= 15 is 0 Å². The lowest BCUT2D eigenvalue weighted by atomic mass is 9.97. The van der Waals surface area contributed by atoms with Crippen molar-refractivity contribution in [3.05, 3.63) is 66.7 Å². The monoisotopic (exact) mass is 371 g/mol. The SMILES string of the molecule is C=C[C@H](C)[C@@H](OC(=O)Nc1ccc(OC)cc1)c1ccc(OCCO)cc1. The van der Waals surface area contributed by atoms with Gasteiger partial charge in [0.05, 0.1) is 13.7 Å². The minimum absolute atomic E-state index is 0.0491. The summed E-state index contributed by atoms with van der Waals surface area (Å²) < 4.78 is 16.1. The number of carbonyl (C=O) groups excluding carboxylic acids is 1. The fourth-order valence-corrected chi connectivity index (χ4v) is 2.46. The van der Waals surface area contributed by atoms with Crippen molar-refractivity contribution in [3.8, 4) is 11.5 Å². The van der Waals surface area contributed by atoms with Crippen LogP contribution >= 0.6 is 0 Å². The maximum atomic E-state index is 12.3. The molecule has 2 aromatic carbocycles. The van der Waals surface area contributed by atoms with Crippen LogP contribution in [0.15, 0.2) is 61.2 Å². The lowest BCUT2D eigenvalue weighted by Crippen LogP contribution is -2.21. The molecule has 0 aromatic heterocycles. The van der Waals surface area contributed by atoms with Gasteiger partial charge in [0.25, 0.3) is 0 Å². The standard InChI is InChI=1S/C21H25NO5/c1-4-15(2)20(16-5-9-19(10-6-16)26-14-13-23)27-21(24)22-17-7-11-18(25-3)12-8-17/h4-12,15,20,23H,1,13-14H2,2-3H3,(H,22,24)/t15-,20+/m0/s1. The predicted octanol–water partition coefficient (Wildman–Crippen LogP) is 4.18. The van der Waals surface area contributed by atoms with Gasteiger partial charge in [-0.1, -0.05) is 25.1 Å². The van der Waals surface area contributed by atoms with Crippen LogP contribution in [0.2, 0.25) is 0 Å². The van der Waals surface area contributed by atoms with Crippen LogP contribution in [0.1, 0.15) is 18.6 Å². The molecule has 0 aliphatic rings. The molecule has 0 saturated heterocycles. The Kier molecular flexibility index (Phi) is 7.70. The van der Waals surface area contributed by atoms with Gasteiger partial charge in [-0.3, -0.25) is 5.32 Å². The lowest BCUT2D eigenvalue weighted by molar-refractivity contribution is 0.0897. The Hall–Kier alpha value is -2.99. The number of benzene rings is 2. The second kappa shape index (κ2) is 10.2. The maximum Gasteiger partial charge on any atom is 0.412 e. The normalized spacial score (nSPS) is 12.6. The van der Waals surface area contributed by atoms with Gasteiger partial charge in [0.1, 0.15) is 24.2 Å². The number of rotatable bonds is 9. The number of carbonyl (C=O) groups is 1. The number of aliphatic hydroxyl groups excluding tert-OH is 1. The van der Waals surface area contributed by atoms with Gasteiger partial charge in [-0.2, -0.15) is 0 Å². The highest BCUT2D eigenvalue weighted by molar-refractivity contribution is 5.84. The van der Waals surface area contributed by atoms with Crippen molar-refractivity contribution in [1.29, 1.82) is 0 Å². The van der Waals surface area contributed by atoms with Crippen LogP contribution in [0.4, 0.5) is 10.5 Å². The van der Waals surface area contributed by atoms with Crippen LogP contribution in [-0.2, 0) is 4.74 Å². The molecule has 0 radical (unpaired) electrons. The van der Waals surface area contributed by atoms with Crippen LogP contribution in [0.5, 0.6) is 11.5 Å². The number of hydrogen-bond donors (Lipinski definition) is 2. The molecule has 0 aliphatic carbocycles. The Morgan fingerprint density at radius 1 is 1.15 bits per heavy atom. The first-order valence-electron chi connectivity index (χ1n) is 8.65. The maximum absolute atomic E-state index is 12.3. The molecule has 2 aromatic rings. The molecule has 6 heteroatoms. The van der Waals surface area contributed by atoms with Gasteiger partial charge in [-0.05, 0) is 42.0 Å². The van der Waals surface area contributed by atoms with Gasteiger partial charge in [0.15, 0.2) is 0 Å². The third-order valence-electron chi connectivity index (χ3n) is 3.99. The van der Waals surface area contributed by atoms with E-state index in [9.17, 15) is 4.79 Å². The van der Waals surface area contributed by atoms with E-state index in [4.69, 9.17) is 19.3 Å². The van der Waals surface area contributed by atoms with Crippen molar-refractivity contribution in [2.24, 2.45) is 5.92 Å². The number of aliphatic hydroxyl groups is 1. The lowest BCUT2D eigenvalue weighted by Gasteiger charge is -2.23. The quantitative estimate of drug-likeness (QED) is 0.647. The largest absolute Gasteiger partial charge is 0.497 e. The van der Waals surface area contributed by atoms with Gasteiger partial charge in [-0.15, -0.1) is 6.58 Å². The van der Waals surface area contributed by atoms with Crippen molar-refractivity contribution in [1.82, 2.24) is 0 Å². The third-order valence-corrected chi connectivity index (χ3v) is 3.99. The number of hydrogen-bond acceptors (Lipinski definition) is 5. The van der Waals surface area contributed by atoms with E-state index in [2.05, 4.69) is 11.9 Å². The Labute approximate surface area is 159 Å². The summed E-state index contributed by atoms with van der Waals surface area (Å²) in [5.74, 6) is 1.26. The summed E-state index contributed by atoms with van der Waals surface area (Å²) in [6.07, 6.45) is 0.689. The highest BCUT2D eigenvalue weighted by Crippen LogP contribution is 2.29. The summed E-state index contributed by atoms with van der Waals surface area (Å²) >= 11 is 0. The van der Waals surface area contributed by atoms with E-state index in [1.165, 1.54) is 0 Å². The van der Waals surface area contributed by atoms with Crippen molar-refractivity contribution < 1.29 is 24.1 Å². The Morgan fingerprint density at radius 2 is 1.78 bits per heavy atom. The zero-order chi connectivity index (χ0) is 19.6. The highest BCUT2D eigenvalue weighted by atomic mass is 16.6. The molecule has 1 amide bonds. The number of ether oxygens (including phenoxy) is 3. The average molecular weight is 371 g/mol.